The lowest BCUT2D eigenvalue weighted by Crippen LogP contribution is -2.53. The van der Waals surface area contributed by atoms with Crippen LogP contribution in [0.15, 0.2) is 23.8 Å². The Morgan fingerprint density at radius 2 is 1.54 bits per heavy atom. The quantitative estimate of drug-likeness (QED) is 0.214. The van der Waals surface area contributed by atoms with Crippen LogP contribution in [0.3, 0.4) is 0 Å². The van der Waals surface area contributed by atoms with Gasteiger partial charge in [-0.05, 0) is 120 Å². The van der Waals surface area contributed by atoms with Crippen LogP contribution in [0.25, 0.3) is 0 Å². The first-order valence-corrected chi connectivity index (χ1v) is 19.2. The first-order chi connectivity index (χ1) is 18.1. The molecule has 4 aliphatic carbocycles. The average molecular weight is 555 g/mol. The summed E-state index contributed by atoms with van der Waals surface area (Å²) in [7, 11) is -1.83. The van der Waals surface area contributed by atoms with Crippen molar-refractivity contribution in [2.75, 3.05) is 0 Å². The normalized spacial score (nSPS) is 38.2. The van der Waals surface area contributed by atoms with Gasteiger partial charge in [0.15, 0.2) is 0 Å². The largest absolute Gasteiger partial charge is 0.413 e. The summed E-state index contributed by atoms with van der Waals surface area (Å²) in [5.74, 6) is 4.30. The molecule has 0 saturated heterocycles. The fraction of sp³-hybridized carbons (Fsp3) is 0.892. The van der Waals surface area contributed by atoms with Gasteiger partial charge in [-0.2, -0.15) is 0 Å². The monoisotopic (exact) mass is 554 g/mol. The van der Waals surface area contributed by atoms with Crippen molar-refractivity contribution in [3.8, 4) is 0 Å². The molecule has 8 atom stereocenters. The molecule has 0 aromatic carbocycles. The highest BCUT2D eigenvalue weighted by Crippen LogP contribution is 2.67. The molecule has 0 spiro atoms. The number of hydrogen-bond acceptors (Lipinski definition) is 1. The summed E-state index contributed by atoms with van der Waals surface area (Å²) in [5.41, 5.74) is 5.15. The Morgan fingerprint density at radius 1 is 0.897 bits per heavy atom. The van der Waals surface area contributed by atoms with Crippen molar-refractivity contribution >= 4 is 8.32 Å². The van der Waals surface area contributed by atoms with Gasteiger partial charge in [-0.25, -0.2) is 0 Å². The van der Waals surface area contributed by atoms with Crippen LogP contribution in [-0.4, -0.2) is 14.4 Å². The van der Waals surface area contributed by atoms with E-state index in [1.54, 1.807) is 5.57 Å². The van der Waals surface area contributed by atoms with Crippen molar-refractivity contribution in [1.29, 1.82) is 0 Å². The number of fused-ring (bicyclic) bond motifs is 5. The fourth-order valence-electron chi connectivity index (χ4n) is 11.1. The molecule has 0 aromatic rings. The second-order valence-corrected chi connectivity index (χ2v) is 22.7. The fourth-order valence-corrected chi connectivity index (χ4v) is 16.7. The minimum Gasteiger partial charge on any atom is -0.413 e. The highest BCUT2D eigenvalue weighted by atomic mass is 28.4. The summed E-state index contributed by atoms with van der Waals surface area (Å²) in [4.78, 5) is 0. The van der Waals surface area contributed by atoms with Crippen LogP contribution in [-0.2, 0) is 4.43 Å². The van der Waals surface area contributed by atoms with Crippen LogP contribution in [0.5, 0.6) is 0 Å². The van der Waals surface area contributed by atoms with Gasteiger partial charge in [-0.1, -0.05) is 107 Å². The molecule has 0 aromatic heterocycles. The van der Waals surface area contributed by atoms with E-state index >= 15 is 0 Å². The summed E-state index contributed by atoms with van der Waals surface area (Å²) in [5, 5.41) is 0. The molecule has 0 N–H and O–H groups in total. The Morgan fingerprint density at radius 3 is 2.13 bits per heavy atom. The molecular weight excluding hydrogens is 488 g/mol. The Labute approximate surface area is 245 Å². The molecule has 224 valence electrons. The number of hydrogen-bond donors (Lipinski definition) is 0. The van der Waals surface area contributed by atoms with E-state index in [0.29, 0.717) is 44.9 Å². The molecule has 2 heteroatoms. The van der Waals surface area contributed by atoms with Gasteiger partial charge in [-0.15, -0.1) is 0 Å². The van der Waals surface area contributed by atoms with E-state index in [2.05, 4.69) is 101 Å². The zero-order valence-electron chi connectivity index (χ0n) is 28.2. The van der Waals surface area contributed by atoms with Crippen LogP contribution in [0, 0.1) is 45.8 Å². The second-order valence-electron chi connectivity index (χ2n) is 17.3. The molecule has 4 aliphatic rings. The maximum atomic E-state index is 7.36. The smallest absolute Gasteiger partial charge is 0.200 e. The van der Waals surface area contributed by atoms with Gasteiger partial charge in [0.1, 0.15) is 0 Å². The van der Waals surface area contributed by atoms with Gasteiger partial charge in [0, 0.05) is 6.10 Å². The second kappa shape index (κ2) is 11.4. The molecule has 1 nitrogen and oxygen atoms in total. The Balaban J connectivity index is 1.49. The van der Waals surface area contributed by atoms with E-state index in [4.69, 9.17) is 4.43 Å². The Kier molecular flexibility index (Phi) is 9.22. The Bertz CT molecular complexity index is 883. The van der Waals surface area contributed by atoms with Gasteiger partial charge in [0.05, 0.1) is 0 Å². The van der Waals surface area contributed by atoms with Gasteiger partial charge in [-0.3, -0.25) is 0 Å². The average Bonchev–Trinajstić information content (AvgIpc) is 3.18. The Hall–Kier alpha value is -0.343. The van der Waals surface area contributed by atoms with Gasteiger partial charge >= 0.3 is 0 Å². The summed E-state index contributed by atoms with van der Waals surface area (Å²) in [6.45, 7) is 29.7. The van der Waals surface area contributed by atoms with Crippen molar-refractivity contribution in [2.45, 2.75) is 164 Å². The minimum atomic E-state index is -1.83. The molecule has 0 amide bonds. The molecule has 0 aliphatic heterocycles. The SMILES string of the molecule is CC(C)[Si](O[C@H]1CC[C@@]2(C)C(=CC[C@H]3[C@@H]4CC[C@H]([C@H](C)/C=C/CC(C)(C)C)[C@@]4(C)CC[C@@H]32)C1)(C(C)C)C(C)C. The van der Waals surface area contributed by atoms with Crippen molar-refractivity contribution in [3.05, 3.63) is 23.8 Å². The predicted molar refractivity (Wildman–Crippen MR) is 173 cm³/mol. The van der Waals surface area contributed by atoms with Crippen molar-refractivity contribution in [2.24, 2.45) is 45.8 Å². The maximum absolute atomic E-state index is 7.36. The first kappa shape index (κ1) is 31.6. The molecule has 4 rings (SSSR count). The maximum Gasteiger partial charge on any atom is 0.200 e. The summed E-state index contributed by atoms with van der Waals surface area (Å²) in [6, 6.07) is 0. The molecule has 39 heavy (non-hydrogen) atoms. The molecule has 3 fully saturated rings. The van der Waals surface area contributed by atoms with Gasteiger partial charge in [0.2, 0.25) is 8.32 Å². The van der Waals surface area contributed by atoms with Crippen LogP contribution in [0.2, 0.25) is 16.6 Å². The van der Waals surface area contributed by atoms with E-state index < -0.39 is 8.32 Å². The van der Waals surface area contributed by atoms with Crippen molar-refractivity contribution in [3.63, 3.8) is 0 Å². The minimum absolute atomic E-state index is 0.393. The summed E-state index contributed by atoms with van der Waals surface area (Å²) in [6.07, 6.45) is 20.5. The summed E-state index contributed by atoms with van der Waals surface area (Å²) < 4.78 is 7.36. The van der Waals surface area contributed by atoms with E-state index in [9.17, 15) is 0 Å². The molecule has 0 radical (unpaired) electrons. The molecular formula is C37H66OSi. The predicted octanol–water partition coefficient (Wildman–Crippen LogP) is 11.8. The van der Waals surface area contributed by atoms with Gasteiger partial charge < -0.3 is 4.43 Å². The molecule has 0 unspecified atom stereocenters. The third-order valence-electron chi connectivity index (χ3n) is 13.0. The highest BCUT2D eigenvalue weighted by molar-refractivity contribution is 6.77. The third-order valence-corrected chi connectivity index (χ3v) is 19.2. The van der Waals surface area contributed by atoms with E-state index in [1.165, 1.54) is 57.8 Å². The van der Waals surface area contributed by atoms with Crippen LogP contribution < -0.4 is 0 Å². The lowest BCUT2D eigenvalue weighted by atomic mass is 9.47. The van der Waals surface area contributed by atoms with Gasteiger partial charge in [0.25, 0.3) is 0 Å². The zero-order valence-corrected chi connectivity index (χ0v) is 29.2. The van der Waals surface area contributed by atoms with Crippen LogP contribution >= 0.6 is 0 Å². The van der Waals surface area contributed by atoms with E-state index in [-0.39, 0.29) is 0 Å². The van der Waals surface area contributed by atoms with Crippen molar-refractivity contribution in [1.82, 2.24) is 0 Å². The topological polar surface area (TPSA) is 9.23 Å². The zero-order chi connectivity index (χ0) is 29.0. The number of rotatable bonds is 8. The lowest BCUT2D eigenvalue weighted by Gasteiger charge is -2.59. The molecule has 0 heterocycles. The summed E-state index contributed by atoms with van der Waals surface area (Å²) >= 11 is 0. The van der Waals surface area contributed by atoms with E-state index in [0.717, 1.165) is 23.7 Å². The number of allylic oxidation sites excluding steroid dienone is 3. The van der Waals surface area contributed by atoms with E-state index in [1.807, 2.05) is 0 Å². The lowest BCUT2D eigenvalue weighted by molar-refractivity contribution is -0.0534. The van der Waals surface area contributed by atoms with Crippen LogP contribution in [0.1, 0.15) is 141 Å². The first-order valence-electron chi connectivity index (χ1n) is 17.1. The van der Waals surface area contributed by atoms with Crippen molar-refractivity contribution < 1.29 is 4.43 Å². The molecule has 0 bridgehead atoms. The third kappa shape index (κ3) is 5.70. The van der Waals surface area contributed by atoms with Crippen LogP contribution in [0.4, 0.5) is 0 Å². The standard InChI is InChI=1S/C37H66OSi/c1-25(2)39(26(3)4,27(5)6)38-30-19-22-36(11)29(24-30)15-16-31-33-18-17-32(37(33,12)23-20-34(31)36)28(7)14-13-21-35(8,9)10/h13-15,25-28,30-34H,16-24H2,1-12H3/b14-13+/t28-,30+,31+,32-,33+,34+,36+,37-/m1/s1. The molecule has 3 saturated carbocycles. The highest BCUT2D eigenvalue weighted by Gasteiger charge is 2.59.